The summed E-state index contributed by atoms with van der Waals surface area (Å²) in [6, 6.07) is 6.50. The van der Waals surface area contributed by atoms with E-state index in [-0.39, 0.29) is 5.75 Å². The quantitative estimate of drug-likeness (QED) is 0.610. The number of phenolic OH excluding ortho intramolecular Hbond substituents is 1. The molecule has 0 aliphatic carbocycles. The van der Waals surface area contributed by atoms with Crippen molar-refractivity contribution in [3.63, 3.8) is 0 Å². The first-order valence-corrected chi connectivity index (χ1v) is 6.01. The first-order valence-electron chi connectivity index (χ1n) is 6.01. The number of ether oxygens (including phenoxy) is 2. The van der Waals surface area contributed by atoms with Crippen LogP contribution in [0, 0.1) is 0 Å². The number of hydrogen-bond acceptors (Lipinski definition) is 3. The summed E-state index contributed by atoms with van der Waals surface area (Å²) in [7, 11) is 0. The maximum Gasteiger partial charge on any atom is 0.162 e. The summed E-state index contributed by atoms with van der Waals surface area (Å²) < 4.78 is 11.2. The van der Waals surface area contributed by atoms with E-state index in [0.717, 1.165) is 12.0 Å². The zero-order valence-electron chi connectivity index (χ0n) is 11.2. The van der Waals surface area contributed by atoms with E-state index in [4.69, 9.17) is 9.47 Å². The highest BCUT2D eigenvalue weighted by molar-refractivity contribution is 5.33. The predicted molar refractivity (Wildman–Crippen MR) is 72.5 cm³/mol. The molecule has 0 aliphatic rings. The Morgan fingerprint density at radius 2 is 1.83 bits per heavy atom. The molecule has 1 N–H and O–H groups in total. The summed E-state index contributed by atoms with van der Waals surface area (Å²) in [4.78, 5) is 0. The number of rotatable bonds is 6. The molecule has 18 heavy (non-hydrogen) atoms. The highest BCUT2D eigenvalue weighted by Gasteiger charge is 2.09. The van der Waals surface area contributed by atoms with Gasteiger partial charge in [-0.2, -0.15) is 0 Å². The zero-order valence-corrected chi connectivity index (χ0v) is 11.2. The Morgan fingerprint density at radius 1 is 1.22 bits per heavy atom. The van der Waals surface area contributed by atoms with Gasteiger partial charge < -0.3 is 14.6 Å². The molecule has 3 heteroatoms. The van der Waals surface area contributed by atoms with E-state index in [9.17, 15) is 5.11 Å². The van der Waals surface area contributed by atoms with Crippen molar-refractivity contribution in [2.45, 2.75) is 27.2 Å². The third-order valence-electron chi connectivity index (χ3n) is 2.24. The van der Waals surface area contributed by atoms with Gasteiger partial charge in [-0.15, -0.1) is 0 Å². The van der Waals surface area contributed by atoms with Crippen molar-refractivity contribution in [3.8, 4) is 11.5 Å². The summed E-state index contributed by atoms with van der Waals surface area (Å²) in [5.74, 6) is 1.99. The Morgan fingerprint density at radius 3 is 2.33 bits per heavy atom. The van der Waals surface area contributed by atoms with E-state index in [1.165, 1.54) is 0 Å². The van der Waals surface area contributed by atoms with Crippen LogP contribution in [0.15, 0.2) is 47.9 Å². The van der Waals surface area contributed by atoms with Crippen LogP contribution in [0.25, 0.3) is 0 Å². The molecule has 0 radical (unpaired) electrons. The minimum absolute atomic E-state index is 0.206. The van der Waals surface area contributed by atoms with E-state index in [0.29, 0.717) is 23.9 Å². The maximum absolute atomic E-state index is 9.19. The molecule has 3 nitrogen and oxygen atoms in total. The zero-order chi connectivity index (χ0) is 13.5. The van der Waals surface area contributed by atoms with Crippen LogP contribution in [0.2, 0.25) is 0 Å². The molecule has 0 saturated heterocycles. The van der Waals surface area contributed by atoms with E-state index in [1.807, 2.05) is 20.8 Å². The number of phenols is 1. The molecule has 0 spiro atoms. The molecular weight excluding hydrogens is 228 g/mol. The lowest BCUT2D eigenvalue weighted by Crippen LogP contribution is -2.04. The minimum Gasteiger partial charge on any atom is -0.508 e. The van der Waals surface area contributed by atoms with Crippen LogP contribution in [0.1, 0.15) is 27.2 Å². The molecule has 0 heterocycles. The lowest BCUT2D eigenvalue weighted by atomic mass is 10.2. The van der Waals surface area contributed by atoms with Gasteiger partial charge in [-0.05, 0) is 50.1 Å². The molecule has 1 aromatic rings. The van der Waals surface area contributed by atoms with Gasteiger partial charge in [-0.25, -0.2) is 0 Å². The van der Waals surface area contributed by atoms with Gasteiger partial charge in [0.1, 0.15) is 11.5 Å². The van der Waals surface area contributed by atoms with Gasteiger partial charge >= 0.3 is 0 Å². The fourth-order valence-electron chi connectivity index (χ4n) is 1.41. The monoisotopic (exact) mass is 248 g/mol. The van der Waals surface area contributed by atoms with Crippen molar-refractivity contribution in [3.05, 3.63) is 47.9 Å². The number of hydrogen-bond donors (Lipinski definition) is 1. The first-order chi connectivity index (χ1) is 8.54. The lowest BCUT2D eigenvalue weighted by Gasteiger charge is -2.15. The summed E-state index contributed by atoms with van der Waals surface area (Å²) >= 11 is 0. The number of aromatic hydroxyl groups is 1. The lowest BCUT2D eigenvalue weighted by molar-refractivity contribution is 0.195. The Hall–Kier alpha value is -1.90. The van der Waals surface area contributed by atoms with Gasteiger partial charge in [0, 0.05) is 0 Å². The third-order valence-corrected chi connectivity index (χ3v) is 2.24. The Labute approximate surface area is 108 Å². The first kappa shape index (κ1) is 14.2. The molecule has 0 unspecified atom stereocenters. The SMILES string of the molecule is C=C(Oc1ccc(O)cc1)C(OCCC)=C(C)C. The highest BCUT2D eigenvalue weighted by atomic mass is 16.5. The second-order valence-electron chi connectivity index (χ2n) is 4.20. The summed E-state index contributed by atoms with van der Waals surface area (Å²) in [6.07, 6.45) is 0.934. The standard InChI is InChI=1S/C15H20O3/c1-5-10-17-15(11(2)3)12(4)18-14-8-6-13(16)7-9-14/h6-9,16H,4-5,10H2,1-3H3. The van der Waals surface area contributed by atoms with Crippen LogP contribution in [-0.2, 0) is 4.74 Å². The van der Waals surface area contributed by atoms with Gasteiger partial charge in [0.2, 0.25) is 0 Å². The van der Waals surface area contributed by atoms with Crippen LogP contribution in [-0.4, -0.2) is 11.7 Å². The second-order valence-corrected chi connectivity index (χ2v) is 4.20. The highest BCUT2D eigenvalue weighted by Crippen LogP contribution is 2.22. The fourth-order valence-corrected chi connectivity index (χ4v) is 1.41. The Bertz CT molecular complexity index is 426. The largest absolute Gasteiger partial charge is 0.508 e. The second kappa shape index (κ2) is 6.74. The molecule has 0 aliphatic heterocycles. The van der Waals surface area contributed by atoms with Gasteiger partial charge in [-0.1, -0.05) is 13.5 Å². The number of benzene rings is 1. The summed E-state index contributed by atoms with van der Waals surface area (Å²) in [5, 5.41) is 9.19. The predicted octanol–water partition coefficient (Wildman–Crippen LogP) is 4.01. The van der Waals surface area contributed by atoms with E-state index in [2.05, 4.69) is 6.58 Å². The molecular formula is C15H20O3. The van der Waals surface area contributed by atoms with E-state index >= 15 is 0 Å². The molecule has 0 aromatic heterocycles. The van der Waals surface area contributed by atoms with Crippen LogP contribution in [0.3, 0.4) is 0 Å². The van der Waals surface area contributed by atoms with E-state index in [1.54, 1.807) is 24.3 Å². The molecule has 1 rings (SSSR count). The van der Waals surface area contributed by atoms with E-state index < -0.39 is 0 Å². The molecule has 0 amide bonds. The molecule has 98 valence electrons. The Balaban J connectivity index is 2.73. The van der Waals surface area contributed by atoms with Gasteiger partial charge in [0.25, 0.3) is 0 Å². The molecule has 0 bridgehead atoms. The van der Waals surface area contributed by atoms with Crippen molar-refractivity contribution in [2.75, 3.05) is 6.61 Å². The van der Waals surface area contributed by atoms with Gasteiger partial charge in [0.05, 0.1) is 6.61 Å². The summed E-state index contributed by atoms with van der Waals surface area (Å²) in [6.45, 7) is 10.5. The van der Waals surface area contributed by atoms with Crippen LogP contribution < -0.4 is 4.74 Å². The van der Waals surface area contributed by atoms with Crippen LogP contribution in [0.5, 0.6) is 11.5 Å². The van der Waals surface area contributed by atoms with Gasteiger partial charge in [0.15, 0.2) is 11.5 Å². The van der Waals surface area contributed by atoms with Crippen molar-refractivity contribution in [1.29, 1.82) is 0 Å². The van der Waals surface area contributed by atoms with Crippen LogP contribution in [0.4, 0.5) is 0 Å². The Kier molecular flexibility index (Phi) is 5.31. The van der Waals surface area contributed by atoms with Crippen molar-refractivity contribution in [2.24, 2.45) is 0 Å². The average molecular weight is 248 g/mol. The van der Waals surface area contributed by atoms with Crippen molar-refractivity contribution >= 4 is 0 Å². The molecule has 0 saturated carbocycles. The molecule has 0 atom stereocenters. The van der Waals surface area contributed by atoms with Crippen molar-refractivity contribution < 1.29 is 14.6 Å². The molecule has 1 aromatic carbocycles. The molecule has 0 fully saturated rings. The summed E-state index contributed by atoms with van der Waals surface area (Å²) in [5.41, 5.74) is 1.02. The topological polar surface area (TPSA) is 38.7 Å². The minimum atomic E-state index is 0.206. The van der Waals surface area contributed by atoms with Crippen LogP contribution >= 0.6 is 0 Å². The van der Waals surface area contributed by atoms with Crippen molar-refractivity contribution in [1.82, 2.24) is 0 Å². The smallest absolute Gasteiger partial charge is 0.162 e. The fraction of sp³-hybridized carbons (Fsp3) is 0.333. The normalized spacial score (nSPS) is 9.72. The maximum atomic E-state index is 9.19. The van der Waals surface area contributed by atoms with Gasteiger partial charge in [-0.3, -0.25) is 0 Å². The third kappa shape index (κ3) is 4.17. The average Bonchev–Trinajstić information content (AvgIpc) is 2.32. The number of allylic oxidation sites excluding steroid dienone is 1.